The van der Waals surface area contributed by atoms with Crippen molar-refractivity contribution >= 4 is 12.2 Å². The second kappa shape index (κ2) is 8.28. The predicted molar refractivity (Wildman–Crippen MR) is 105 cm³/mol. The highest BCUT2D eigenvalue weighted by molar-refractivity contribution is 5.87. The summed E-state index contributed by atoms with van der Waals surface area (Å²) >= 11 is 0. The molecular weight excluding hydrogens is 324 g/mol. The van der Waals surface area contributed by atoms with E-state index >= 15 is 0 Å². The monoisotopic (exact) mass is 350 g/mol. The van der Waals surface area contributed by atoms with Gasteiger partial charge in [-0.3, -0.25) is 4.99 Å². The first kappa shape index (κ1) is 18.3. The Morgan fingerprint density at radius 2 is 1.69 bits per heavy atom. The number of aliphatic carboxylic acids is 1. The lowest BCUT2D eigenvalue weighted by molar-refractivity contribution is -0.144. The van der Waals surface area contributed by atoms with Crippen LogP contribution in [0.15, 0.2) is 65.7 Å². The first-order valence-electron chi connectivity index (χ1n) is 9.18. The number of carboxylic acids is 1. The normalized spacial score (nSPS) is 18.7. The Hall–Kier alpha value is -2.46. The van der Waals surface area contributed by atoms with E-state index in [1.807, 2.05) is 60.7 Å². The fourth-order valence-corrected chi connectivity index (χ4v) is 3.63. The van der Waals surface area contributed by atoms with Gasteiger partial charge in [0.2, 0.25) is 0 Å². The van der Waals surface area contributed by atoms with Crippen molar-refractivity contribution in [3.63, 3.8) is 0 Å². The maximum Gasteiger partial charge on any atom is 0.336 e. The van der Waals surface area contributed by atoms with Crippen LogP contribution in [-0.2, 0) is 10.3 Å². The number of carboxylic acid groups (broad SMARTS) is 1. The number of benzene rings is 2. The van der Waals surface area contributed by atoms with Crippen molar-refractivity contribution in [1.82, 2.24) is 4.90 Å². The highest BCUT2D eigenvalue weighted by Gasteiger charge is 2.42. The van der Waals surface area contributed by atoms with E-state index < -0.39 is 11.5 Å². The summed E-state index contributed by atoms with van der Waals surface area (Å²) in [5.74, 6) is -0.523. The van der Waals surface area contributed by atoms with Gasteiger partial charge in [0.25, 0.3) is 0 Å². The van der Waals surface area contributed by atoms with Gasteiger partial charge < -0.3 is 10.0 Å². The summed E-state index contributed by atoms with van der Waals surface area (Å²) in [6.07, 6.45) is 4.26. The molecule has 0 aliphatic carbocycles. The number of hydrogen-bond donors (Lipinski definition) is 1. The van der Waals surface area contributed by atoms with Crippen LogP contribution in [0, 0.1) is 5.92 Å². The quantitative estimate of drug-likeness (QED) is 0.806. The summed E-state index contributed by atoms with van der Waals surface area (Å²) in [5.41, 5.74) is 0.425. The maximum absolute atomic E-state index is 12.5. The molecule has 1 atom stereocenters. The Morgan fingerprint density at radius 3 is 2.27 bits per heavy atom. The lowest BCUT2D eigenvalue weighted by atomic mass is 9.78. The van der Waals surface area contributed by atoms with Crippen molar-refractivity contribution in [2.75, 3.05) is 20.1 Å². The average Bonchev–Trinajstić information content (AvgIpc) is 2.68. The molecule has 4 nitrogen and oxygen atoms in total. The van der Waals surface area contributed by atoms with E-state index in [-0.39, 0.29) is 0 Å². The van der Waals surface area contributed by atoms with E-state index in [2.05, 4.69) is 16.9 Å². The van der Waals surface area contributed by atoms with Crippen molar-refractivity contribution in [2.24, 2.45) is 10.9 Å². The number of carbonyl (C=O) groups is 1. The van der Waals surface area contributed by atoms with E-state index in [9.17, 15) is 9.90 Å². The highest BCUT2D eigenvalue weighted by Crippen LogP contribution is 2.37. The summed E-state index contributed by atoms with van der Waals surface area (Å²) in [5, 5.41) is 10.2. The molecule has 1 aliphatic rings. The van der Waals surface area contributed by atoms with Gasteiger partial charge in [-0.25, -0.2) is 4.79 Å². The second-order valence-corrected chi connectivity index (χ2v) is 7.15. The van der Waals surface area contributed by atoms with Gasteiger partial charge >= 0.3 is 5.97 Å². The zero-order valence-corrected chi connectivity index (χ0v) is 15.2. The van der Waals surface area contributed by atoms with Crippen LogP contribution in [0.1, 0.15) is 30.4 Å². The lowest BCUT2D eigenvalue weighted by Gasteiger charge is -2.34. The van der Waals surface area contributed by atoms with E-state index in [4.69, 9.17) is 0 Å². The van der Waals surface area contributed by atoms with Crippen LogP contribution in [-0.4, -0.2) is 42.3 Å². The number of aliphatic imine (C=N–C) groups is 1. The van der Waals surface area contributed by atoms with Crippen LogP contribution < -0.4 is 0 Å². The van der Waals surface area contributed by atoms with Gasteiger partial charge in [0.1, 0.15) is 0 Å². The van der Waals surface area contributed by atoms with E-state index in [0.29, 0.717) is 12.3 Å². The largest absolute Gasteiger partial charge is 0.479 e. The number of rotatable bonds is 6. The minimum absolute atomic E-state index is 0.357. The summed E-state index contributed by atoms with van der Waals surface area (Å²) in [6.45, 7) is 2.02. The standard InChI is InChI=1S/C22H26N2O2/c1-24-14-12-18(13-15-24)16-22(21(25)26,20-10-6-3-7-11-20)23-17-19-8-4-2-5-9-19/h2-11,17-18H,12-16H2,1H3,(H,25,26). The molecule has 2 aromatic carbocycles. The van der Waals surface area contributed by atoms with E-state index in [1.54, 1.807) is 6.21 Å². The topological polar surface area (TPSA) is 52.9 Å². The van der Waals surface area contributed by atoms with Gasteiger partial charge in [-0.2, -0.15) is 0 Å². The number of likely N-dealkylation sites (tertiary alicyclic amines) is 1. The third-order valence-corrected chi connectivity index (χ3v) is 5.26. The molecule has 0 radical (unpaired) electrons. The van der Waals surface area contributed by atoms with Crippen molar-refractivity contribution in [2.45, 2.75) is 24.8 Å². The molecule has 1 N–H and O–H groups in total. The Bertz CT molecular complexity index is 737. The lowest BCUT2D eigenvalue weighted by Crippen LogP contribution is -2.39. The SMILES string of the molecule is CN1CCC(CC(N=Cc2ccccc2)(C(=O)O)c2ccccc2)CC1. The van der Waals surface area contributed by atoms with Crippen molar-refractivity contribution < 1.29 is 9.90 Å². The Kier molecular flexibility index (Phi) is 5.84. The smallest absolute Gasteiger partial charge is 0.336 e. The van der Waals surface area contributed by atoms with Gasteiger partial charge in [0.05, 0.1) is 0 Å². The summed E-state index contributed by atoms with van der Waals surface area (Å²) < 4.78 is 0. The molecule has 0 spiro atoms. The molecule has 1 unspecified atom stereocenters. The van der Waals surface area contributed by atoms with Gasteiger partial charge in [-0.15, -0.1) is 0 Å². The van der Waals surface area contributed by atoms with Crippen LogP contribution >= 0.6 is 0 Å². The fourth-order valence-electron chi connectivity index (χ4n) is 3.63. The van der Waals surface area contributed by atoms with Crippen molar-refractivity contribution in [3.05, 3.63) is 71.8 Å². The van der Waals surface area contributed by atoms with Gasteiger partial charge in [0, 0.05) is 6.21 Å². The minimum atomic E-state index is -1.24. The fraction of sp³-hybridized carbons (Fsp3) is 0.364. The van der Waals surface area contributed by atoms with Crippen molar-refractivity contribution in [1.29, 1.82) is 0 Å². The first-order valence-corrected chi connectivity index (χ1v) is 9.18. The molecular formula is C22H26N2O2. The van der Waals surface area contributed by atoms with Crippen LogP contribution in [0.5, 0.6) is 0 Å². The van der Waals surface area contributed by atoms with Crippen LogP contribution in [0.3, 0.4) is 0 Å². The number of piperidine rings is 1. The zero-order valence-electron chi connectivity index (χ0n) is 15.2. The first-order chi connectivity index (χ1) is 12.6. The molecule has 1 fully saturated rings. The van der Waals surface area contributed by atoms with Crippen LogP contribution in [0.25, 0.3) is 0 Å². The summed E-state index contributed by atoms with van der Waals surface area (Å²) in [4.78, 5) is 19.4. The van der Waals surface area contributed by atoms with Gasteiger partial charge in [-0.1, -0.05) is 60.7 Å². The Labute approximate surface area is 155 Å². The Balaban J connectivity index is 1.96. The number of hydrogen-bond acceptors (Lipinski definition) is 3. The molecule has 0 bridgehead atoms. The zero-order chi connectivity index (χ0) is 18.4. The minimum Gasteiger partial charge on any atom is -0.479 e. The van der Waals surface area contributed by atoms with Gasteiger partial charge in [-0.05, 0) is 56.4 Å². The molecule has 1 heterocycles. The van der Waals surface area contributed by atoms with Gasteiger partial charge in [0.15, 0.2) is 5.54 Å². The molecule has 1 aliphatic heterocycles. The molecule has 136 valence electrons. The average molecular weight is 350 g/mol. The molecule has 3 rings (SSSR count). The summed E-state index contributed by atoms with van der Waals surface area (Å²) in [6, 6.07) is 19.1. The molecule has 0 aromatic heterocycles. The third-order valence-electron chi connectivity index (χ3n) is 5.26. The molecule has 26 heavy (non-hydrogen) atoms. The molecule has 1 saturated heterocycles. The van der Waals surface area contributed by atoms with Crippen LogP contribution in [0.2, 0.25) is 0 Å². The molecule has 0 amide bonds. The van der Waals surface area contributed by atoms with Crippen molar-refractivity contribution in [3.8, 4) is 0 Å². The third kappa shape index (κ3) is 4.20. The Morgan fingerprint density at radius 1 is 1.12 bits per heavy atom. The van der Waals surface area contributed by atoms with E-state index in [1.165, 1.54) is 0 Å². The van der Waals surface area contributed by atoms with Crippen LogP contribution in [0.4, 0.5) is 0 Å². The summed E-state index contributed by atoms with van der Waals surface area (Å²) in [7, 11) is 2.12. The molecule has 0 saturated carbocycles. The predicted octanol–water partition coefficient (Wildman–Crippen LogP) is 3.82. The molecule has 2 aromatic rings. The maximum atomic E-state index is 12.5. The second-order valence-electron chi connectivity index (χ2n) is 7.15. The van der Waals surface area contributed by atoms with E-state index in [0.717, 1.165) is 37.1 Å². The number of nitrogens with zero attached hydrogens (tertiary/aromatic N) is 2. The molecule has 4 heteroatoms. The highest BCUT2D eigenvalue weighted by atomic mass is 16.4.